The normalized spacial score (nSPS) is 10.3. The van der Waals surface area contributed by atoms with Crippen LogP contribution in [-0.2, 0) is 0 Å². The minimum absolute atomic E-state index is 0.0330. The third kappa shape index (κ3) is 2.85. The number of anilines is 2. The molecule has 19 heavy (non-hydrogen) atoms. The summed E-state index contributed by atoms with van der Waals surface area (Å²) in [7, 11) is 1.56. The molecule has 0 aliphatic rings. The molecular weight excluding hydrogens is 267 g/mol. The number of nitrogens with two attached hydrogens (primary N) is 1. The summed E-state index contributed by atoms with van der Waals surface area (Å²) in [5.74, 6) is -1.10. The maximum Gasteiger partial charge on any atom is 0.260 e. The summed E-state index contributed by atoms with van der Waals surface area (Å²) < 4.78 is 13.7. The van der Waals surface area contributed by atoms with Crippen LogP contribution < -0.4 is 10.6 Å². The van der Waals surface area contributed by atoms with E-state index in [9.17, 15) is 9.18 Å². The maximum absolute atomic E-state index is 13.7. The fourth-order valence-electron chi connectivity index (χ4n) is 1.69. The van der Waals surface area contributed by atoms with E-state index in [-0.39, 0.29) is 10.6 Å². The molecule has 2 rings (SSSR count). The lowest BCUT2D eigenvalue weighted by atomic mass is 10.1. The fourth-order valence-corrected chi connectivity index (χ4v) is 1.85. The van der Waals surface area contributed by atoms with Crippen molar-refractivity contribution in [2.45, 2.75) is 0 Å². The zero-order valence-electron chi connectivity index (χ0n) is 10.2. The van der Waals surface area contributed by atoms with Gasteiger partial charge in [0.15, 0.2) is 0 Å². The van der Waals surface area contributed by atoms with E-state index < -0.39 is 11.7 Å². The summed E-state index contributed by atoms with van der Waals surface area (Å²) >= 11 is 5.66. The van der Waals surface area contributed by atoms with Crippen molar-refractivity contribution >= 4 is 28.9 Å². The summed E-state index contributed by atoms with van der Waals surface area (Å²) in [6, 6.07) is 10.8. The molecule has 0 aliphatic heterocycles. The van der Waals surface area contributed by atoms with Crippen LogP contribution >= 0.6 is 11.6 Å². The quantitative estimate of drug-likeness (QED) is 0.857. The average Bonchev–Trinajstić information content (AvgIpc) is 2.37. The Morgan fingerprint density at radius 2 is 2.00 bits per heavy atom. The van der Waals surface area contributed by atoms with Crippen molar-refractivity contribution in [2.75, 3.05) is 17.7 Å². The summed E-state index contributed by atoms with van der Waals surface area (Å²) in [6.07, 6.45) is 0. The molecule has 0 aromatic heterocycles. The van der Waals surface area contributed by atoms with E-state index in [1.165, 1.54) is 17.0 Å². The molecule has 0 saturated carbocycles. The van der Waals surface area contributed by atoms with Crippen LogP contribution in [0.25, 0.3) is 0 Å². The number of nitrogen functional groups attached to an aromatic ring is 1. The Morgan fingerprint density at radius 3 is 2.63 bits per heavy atom. The smallest absolute Gasteiger partial charge is 0.260 e. The Balaban J connectivity index is 2.33. The second-order valence-electron chi connectivity index (χ2n) is 4.08. The summed E-state index contributed by atoms with van der Waals surface area (Å²) in [6.45, 7) is 0. The Bertz CT molecular complexity index is 631. The van der Waals surface area contributed by atoms with Crippen LogP contribution in [0.15, 0.2) is 42.5 Å². The molecule has 3 nitrogen and oxygen atoms in total. The highest BCUT2D eigenvalue weighted by atomic mass is 35.5. The van der Waals surface area contributed by atoms with Gasteiger partial charge in [-0.3, -0.25) is 4.79 Å². The summed E-state index contributed by atoms with van der Waals surface area (Å²) in [5.41, 5.74) is 6.75. The maximum atomic E-state index is 13.7. The molecule has 0 spiro atoms. The Kier molecular flexibility index (Phi) is 3.71. The second kappa shape index (κ2) is 5.28. The number of rotatable bonds is 2. The van der Waals surface area contributed by atoms with Crippen LogP contribution in [0, 0.1) is 5.82 Å². The lowest BCUT2D eigenvalue weighted by Gasteiger charge is -2.18. The van der Waals surface area contributed by atoms with Gasteiger partial charge >= 0.3 is 0 Å². The topological polar surface area (TPSA) is 46.3 Å². The standard InChI is InChI=1S/C14H12ClFN2O/c1-18(11-4-2-3-10(17)8-11)14(19)12-6-5-9(15)7-13(12)16/h2-8H,17H2,1H3. The molecule has 0 aliphatic carbocycles. The molecule has 0 atom stereocenters. The Hall–Kier alpha value is -2.07. The molecule has 98 valence electrons. The van der Waals surface area contributed by atoms with Crippen molar-refractivity contribution in [1.29, 1.82) is 0 Å². The molecule has 0 fully saturated rings. The molecule has 0 radical (unpaired) electrons. The van der Waals surface area contributed by atoms with Gasteiger partial charge in [0.2, 0.25) is 0 Å². The monoisotopic (exact) mass is 278 g/mol. The molecule has 0 heterocycles. The van der Waals surface area contributed by atoms with Gasteiger partial charge in [0, 0.05) is 23.4 Å². The number of benzene rings is 2. The van der Waals surface area contributed by atoms with E-state index in [0.717, 1.165) is 6.07 Å². The van der Waals surface area contributed by atoms with E-state index >= 15 is 0 Å². The molecule has 2 aromatic rings. The fraction of sp³-hybridized carbons (Fsp3) is 0.0714. The predicted octanol–water partition coefficient (Wildman–Crippen LogP) is 3.34. The van der Waals surface area contributed by atoms with E-state index in [0.29, 0.717) is 11.4 Å². The van der Waals surface area contributed by atoms with Crippen molar-refractivity contribution in [3.05, 3.63) is 58.9 Å². The molecule has 0 bridgehead atoms. The highest BCUT2D eigenvalue weighted by Crippen LogP contribution is 2.21. The number of hydrogen-bond acceptors (Lipinski definition) is 2. The molecule has 2 N–H and O–H groups in total. The van der Waals surface area contributed by atoms with Gasteiger partial charge in [0.25, 0.3) is 5.91 Å². The number of carbonyl (C=O) groups excluding carboxylic acids is 1. The van der Waals surface area contributed by atoms with Crippen molar-refractivity contribution in [3.8, 4) is 0 Å². The summed E-state index contributed by atoms with van der Waals surface area (Å²) in [5, 5.41) is 0.251. The first-order valence-electron chi connectivity index (χ1n) is 5.57. The van der Waals surface area contributed by atoms with Crippen molar-refractivity contribution < 1.29 is 9.18 Å². The largest absolute Gasteiger partial charge is 0.399 e. The van der Waals surface area contributed by atoms with Gasteiger partial charge in [-0.05, 0) is 36.4 Å². The van der Waals surface area contributed by atoms with Gasteiger partial charge in [-0.1, -0.05) is 17.7 Å². The first-order valence-corrected chi connectivity index (χ1v) is 5.95. The number of carbonyl (C=O) groups is 1. The first kappa shape index (κ1) is 13.4. The van der Waals surface area contributed by atoms with E-state index in [1.807, 2.05) is 0 Å². The number of halogens is 2. The van der Waals surface area contributed by atoms with Gasteiger partial charge in [-0.25, -0.2) is 4.39 Å². The average molecular weight is 279 g/mol. The van der Waals surface area contributed by atoms with Crippen molar-refractivity contribution in [2.24, 2.45) is 0 Å². The van der Waals surface area contributed by atoms with Crippen LogP contribution in [-0.4, -0.2) is 13.0 Å². The minimum atomic E-state index is -0.645. The number of nitrogens with zero attached hydrogens (tertiary/aromatic N) is 1. The van der Waals surface area contributed by atoms with Crippen molar-refractivity contribution in [3.63, 3.8) is 0 Å². The number of hydrogen-bond donors (Lipinski definition) is 1. The van der Waals surface area contributed by atoms with E-state index in [2.05, 4.69) is 0 Å². The van der Waals surface area contributed by atoms with Gasteiger partial charge in [-0.2, -0.15) is 0 Å². The van der Waals surface area contributed by atoms with Crippen LogP contribution in [0.2, 0.25) is 5.02 Å². The highest BCUT2D eigenvalue weighted by molar-refractivity contribution is 6.30. The number of amides is 1. The first-order chi connectivity index (χ1) is 8.99. The molecule has 0 saturated heterocycles. The molecule has 2 aromatic carbocycles. The Labute approximate surface area is 115 Å². The second-order valence-corrected chi connectivity index (χ2v) is 4.52. The van der Waals surface area contributed by atoms with Gasteiger partial charge in [0.05, 0.1) is 5.56 Å². The van der Waals surface area contributed by atoms with Crippen LogP contribution in [0.1, 0.15) is 10.4 Å². The van der Waals surface area contributed by atoms with E-state index in [1.54, 1.807) is 31.3 Å². The molecule has 1 amide bonds. The van der Waals surface area contributed by atoms with Crippen molar-refractivity contribution in [1.82, 2.24) is 0 Å². The third-order valence-corrected chi connectivity index (χ3v) is 2.96. The van der Waals surface area contributed by atoms with Gasteiger partial charge in [0.1, 0.15) is 5.82 Å². The molecule has 5 heteroatoms. The van der Waals surface area contributed by atoms with Crippen LogP contribution in [0.4, 0.5) is 15.8 Å². The zero-order valence-corrected chi connectivity index (χ0v) is 11.0. The summed E-state index contributed by atoms with van der Waals surface area (Å²) in [4.78, 5) is 13.5. The molecular formula is C14H12ClFN2O. The SMILES string of the molecule is CN(C(=O)c1ccc(Cl)cc1F)c1cccc(N)c1. The van der Waals surface area contributed by atoms with Crippen LogP contribution in [0.3, 0.4) is 0 Å². The molecule has 0 unspecified atom stereocenters. The van der Waals surface area contributed by atoms with Crippen LogP contribution in [0.5, 0.6) is 0 Å². The third-order valence-electron chi connectivity index (χ3n) is 2.72. The zero-order chi connectivity index (χ0) is 14.0. The predicted molar refractivity (Wildman–Crippen MR) is 75.0 cm³/mol. The Morgan fingerprint density at radius 1 is 1.26 bits per heavy atom. The minimum Gasteiger partial charge on any atom is -0.399 e. The van der Waals surface area contributed by atoms with Gasteiger partial charge in [-0.15, -0.1) is 0 Å². The lowest BCUT2D eigenvalue weighted by molar-refractivity contribution is 0.0989. The van der Waals surface area contributed by atoms with Gasteiger partial charge < -0.3 is 10.6 Å². The highest BCUT2D eigenvalue weighted by Gasteiger charge is 2.17. The van der Waals surface area contributed by atoms with E-state index in [4.69, 9.17) is 17.3 Å². The lowest BCUT2D eigenvalue weighted by Crippen LogP contribution is -2.27.